The third-order valence-electron chi connectivity index (χ3n) is 6.71. The lowest BCUT2D eigenvalue weighted by molar-refractivity contribution is 0.0927. The second-order valence-electron chi connectivity index (χ2n) is 9.53. The predicted octanol–water partition coefficient (Wildman–Crippen LogP) is 4.59. The van der Waals surface area contributed by atoms with Gasteiger partial charge in [0, 0.05) is 23.3 Å². The molecule has 2 aliphatic carbocycles. The second kappa shape index (κ2) is 9.88. The zero-order chi connectivity index (χ0) is 23.1. The highest BCUT2D eigenvalue weighted by molar-refractivity contribution is 6.09. The molecule has 182 valence electrons. The summed E-state index contributed by atoms with van der Waals surface area (Å²) >= 11 is 0. The van der Waals surface area contributed by atoms with Crippen LogP contribution in [0.5, 0.6) is 5.75 Å². The molecule has 0 spiro atoms. The van der Waals surface area contributed by atoms with Crippen molar-refractivity contribution in [1.82, 2.24) is 20.3 Å². The highest BCUT2D eigenvalue weighted by Crippen LogP contribution is 2.38. The minimum atomic E-state index is -0.408. The summed E-state index contributed by atoms with van der Waals surface area (Å²) < 4.78 is 20.8. The summed E-state index contributed by atoms with van der Waals surface area (Å²) in [5, 5.41) is 3.14. The highest BCUT2D eigenvalue weighted by Gasteiger charge is 2.27. The summed E-state index contributed by atoms with van der Waals surface area (Å²) in [5.74, 6) is 0.115. The van der Waals surface area contributed by atoms with E-state index in [-0.39, 0.29) is 36.1 Å². The molecule has 0 radical (unpaired) electrons. The Morgan fingerprint density at radius 3 is 2.62 bits per heavy atom. The van der Waals surface area contributed by atoms with Crippen LogP contribution in [0.2, 0.25) is 0 Å². The number of H-pyrrole nitrogens is 1. The van der Waals surface area contributed by atoms with Gasteiger partial charge < -0.3 is 20.8 Å². The number of amides is 1. The molecule has 0 aliphatic heterocycles. The summed E-state index contributed by atoms with van der Waals surface area (Å²) in [5.41, 5.74) is 10.2. The van der Waals surface area contributed by atoms with Crippen LogP contribution in [0.3, 0.4) is 0 Å². The largest absolute Gasteiger partial charge is 0.490 e. The fourth-order valence-corrected chi connectivity index (χ4v) is 4.66. The molecule has 4 N–H and O–H groups in total. The van der Waals surface area contributed by atoms with Crippen molar-refractivity contribution in [3.8, 4) is 17.0 Å². The fourth-order valence-electron chi connectivity index (χ4n) is 4.66. The van der Waals surface area contributed by atoms with Gasteiger partial charge in [-0.2, -0.15) is 0 Å². The summed E-state index contributed by atoms with van der Waals surface area (Å²) in [6.45, 7) is 4.17. The molecule has 0 atom stereocenters. The number of nitrogens with two attached hydrogens (primary N) is 1. The smallest absolute Gasteiger partial charge is 0.255 e. The molecular weight excluding hydrogens is 457 g/mol. The lowest BCUT2D eigenvalue weighted by Crippen LogP contribution is -2.40. The number of aromatic amines is 1. The third-order valence-corrected chi connectivity index (χ3v) is 6.71. The van der Waals surface area contributed by atoms with E-state index in [9.17, 15) is 9.18 Å². The van der Waals surface area contributed by atoms with Gasteiger partial charge in [-0.1, -0.05) is 0 Å². The number of hydrogen-bond donors (Lipinski definition) is 3. The maximum atomic E-state index is 14.9. The van der Waals surface area contributed by atoms with Crippen LogP contribution in [-0.4, -0.2) is 39.5 Å². The van der Waals surface area contributed by atoms with Crippen LogP contribution < -0.4 is 15.8 Å². The molecule has 2 heterocycles. The van der Waals surface area contributed by atoms with Gasteiger partial charge in [0.1, 0.15) is 17.5 Å². The topological polar surface area (TPSA) is 106 Å². The number of nitrogens with zero attached hydrogens (tertiary/aromatic N) is 2. The Morgan fingerprint density at radius 1 is 1.18 bits per heavy atom. The average molecular weight is 488 g/mol. The predicted molar refractivity (Wildman–Crippen MR) is 132 cm³/mol. The average Bonchev–Trinajstić information content (AvgIpc) is 3.53. The van der Waals surface area contributed by atoms with Crippen molar-refractivity contribution in [1.29, 1.82) is 0 Å². The van der Waals surface area contributed by atoms with Gasteiger partial charge in [0.15, 0.2) is 11.6 Å². The first-order valence-electron chi connectivity index (χ1n) is 11.7. The van der Waals surface area contributed by atoms with Crippen molar-refractivity contribution in [2.24, 2.45) is 11.7 Å². The lowest BCUT2D eigenvalue weighted by Gasteiger charge is -2.26. The SMILES string of the molecule is Cc1cc(F)c(OCC2CC2)c(-c2ncnc3c(C(=O)NC4CCC(N)CC4)c(C)[nH]c23)c1.Cl. The zero-order valence-electron chi connectivity index (χ0n) is 19.5. The third kappa shape index (κ3) is 4.88. The van der Waals surface area contributed by atoms with Gasteiger partial charge in [0.2, 0.25) is 0 Å². The molecule has 9 heteroatoms. The van der Waals surface area contributed by atoms with E-state index in [2.05, 4.69) is 20.3 Å². The number of hydrogen-bond acceptors (Lipinski definition) is 5. The summed E-state index contributed by atoms with van der Waals surface area (Å²) in [4.78, 5) is 25.4. The van der Waals surface area contributed by atoms with E-state index in [4.69, 9.17) is 10.5 Å². The molecule has 2 aromatic heterocycles. The molecule has 34 heavy (non-hydrogen) atoms. The van der Waals surface area contributed by atoms with Crippen LogP contribution in [0.25, 0.3) is 22.3 Å². The molecule has 5 rings (SSSR count). The van der Waals surface area contributed by atoms with E-state index in [1.54, 1.807) is 0 Å². The normalized spacial score (nSPS) is 20.1. The quantitative estimate of drug-likeness (QED) is 0.471. The van der Waals surface area contributed by atoms with Crippen molar-refractivity contribution in [3.63, 3.8) is 0 Å². The van der Waals surface area contributed by atoms with Crippen molar-refractivity contribution in [3.05, 3.63) is 41.1 Å². The molecule has 7 nitrogen and oxygen atoms in total. The Kier molecular flexibility index (Phi) is 7.09. The van der Waals surface area contributed by atoms with Crippen molar-refractivity contribution in [2.75, 3.05) is 6.61 Å². The molecule has 1 aromatic carbocycles. The lowest BCUT2D eigenvalue weighted by atomic mass is 9.91. The summed E-state index contributed by atoms with van der Waals surface area (Å²) in [7, 11) is 0. The Labute approximate surface area is 204 Å². The number of aromatic nitrogens is 3. The molecule has 1 amide bonds. The van der Waals surface area contributed by atoms with Crippen LogP contribution in [0.1, 0.15) is 60.1 Å². The van der Waals surface area contributed by atoms with E-state index in [1.165, 1.54) is 12.4 Å². The van der Waals surface area contributed by atoms with E-state index in [0.29, 0.717) is 46.1 Å². The van der Waals surface area contributed by atoms with E-state index in [1.807, 2.05) is 19.9 Å². The summed E-state index contributed by atoms with van der Waals surface area (Å²) in [6.07, 6.45) is 7.22. The van der Waals surface area contributed by atoms with Crippen LogP contribution >= 0.6 is 12.4 Å². The number of halogens is 2. The number of fused-ring (bicyclic) bond motifs is 1. The van der Waals surface area contributed by atoms with Crippen molar-refractivity contribution < 1.29 is 13.9 Å². The van der Waals surface area contributed by atoms with Gasteiger partial charge in [0.05, 0.1) is 17.7 Å². The van der Waals surface area contributed by atoms with Crippen LogP contribution in [0, 0.1) is 25.6 Å². The maximum absolute atomic E-state index is 14.9. The van der Waals surface area contributed by atoms with Crippen LogP contribution in [-0.2, 0) is 0 Å². The van der Waals surface area contributed by atoms with Crippen molar-refractivity contribution in [2.45, 2.75) is 64.5 Å². The van der Waals surface area contributed by atoms with E-state index < -0.39 is 5.82 Å². The first-order valence-corrected chi connectivity index (χ1v) is 11.7. The molecule has 0 bridgehead atoms. The molecule has 0 saturated heterocycles. The van der Waals surface area contributed by atoms with Crippen LogP contribution in [0.15, 0.2) is 18.5 Å². The molecule has 3 aromatic rings. The minimum Gasteiger partial charge on any atom is -0.490 e. The number of benzene rings is 1. The zero-order valence-corrected chi connectivity index (χ0v) is 20.3. The van der Waals surface area contributed by atoms with Gasteiger partial charge >= 0.3 is 0 Å². The number of carbonyl (C=O) groups excluding carboxylic acids is 1. The molecule has 0 unspecified atom stereocenters. The number of aryl methyl sites for hydroxylation is 2. The van der Waals surface area contributed by atoms with Gasteiger partial charge in [-0.3, -0.25) is 4.79 Å². The number of ether oxygens (including phenoxy) is 1. The Hall–Kier alpha value is -2.71. The molecular formula is C25H31ClFN5O2. The van der Waals surface area contributed by atoms with Gasteiger partial charge in [-0.25, -0.2) is 14.4 Å². The number of carbonyl (C=O) groups is 1. The van der Waals surface area contributed by atoms with Gasteiger partial charge in [-0.15, -0.1) is 12.4 Å². The molecule has 2 saturated carbocycles. The Bertz CT molecular complexity index is 1200. The maximum Gasteiger partial charge on any atom is 0.255 e. The molecule has 2 aliphatic rings. The first kappa shape index (κ1) is 24.4. The highest BCUT2D eigenvalue weighted by atomic mass is 35.5. The van der Waals surface area contributed by atoms with Gasteiger partial charge in [0.25, 0.3) is 5.91 Å². The number of rotatable bonds is 6. The molecule has 2 fully saturated rings. The summed E-state index contributed by atoms with van der Waals surface area (Å²) in [6, 6.07) is 3.67. The first-order chi connectivity index (χ1) is 15.9. The Morgan fingerprint density at radius 2 is 1.91 bits per heavy atom. The number of nitrogens with one attached hydrogen (secondary N) is 2. The minimum absolute atomic E-state index is 0. The monoisotopic (exact) mass is 487 g/mol. The van der Waals surface area contributed by atoms with Gasteiger partial charge in [-0.05, 0) is 76.0 Å². The standard InChI is InChI=1S/C25H30FN5O2.ClH/c1-13-9-18(24(19(26)10-13)33-11-15-3-4-15)21-23-22(29-12-28-21)20(14(2)30-23)25(32)31-17-7-5-16(27)6-8-17;/h9-10,12,15-17,30H,3-8,11,27H2,1-2H3,(H,31,32);1H. The van der Waals surface area contributed by atoms with Crippen LogP contribution in [0.4, 0.5) is 4.39 Å². The van der Waals surface area contributed by atoms with E-state index >= 15 is 0 Å². The second-order valence-corrected chi connectivity index (χ2v) is 9.53. The fraction of sp³-hybridized carbons (Fsp3) is 0.480. The Balaban J connectivity index is 0.00000274. The van der Waals surface area contributed by atoms with E-state index in [0.717, 1.165) is 44.1 Å². The van der Waals surface area contributed by atoms with Crippen molar-refractivity contribution >= 4 is 29.3 Å².